The predicted octanol–water partition coefficient (Wildman–Crippen LogP) is 5.78. The van der Waals surface area contributed by atoms with E-state index in [4.69, 9.17) is 42.1 Å². The summed E-state index contributed by atoms with van der Waals surface area (Å²) in [6.45, 7) is 1.18. The molecule has 1 unspecified atom stereocenters. The fourth-order valence-electron chi connectivity index (χ4n) is 4.56. The van der Waals surface area contributed by atoms with E-state index in [2.05, 4.69) is 5.32 Å². The number of esters is 2. The third-order valence-corrected chi connectivity index (χ3v) is 8.69. The first-order valence-corrected chi connectivity index (χ1v) is 15.8. The highest BCUT2D eigenvalue weighted by atomic mass is 35.5. The van der Waals surface area contributed by atoms with Crippen LogP contribution in [-0.2, 0) is 27.2 Å². The molecule has 2 heterocycles. The lowest BCUT2D eigenvalue weighted by atomic mass is 10.0. The Bertz CT molecular complexity index is 1610. The van der Waals surface area contributed by atoms with Gasteiger partial charge >= 0.3 is 11.9 Å². The summed E-state index contributed by atoms with van der Waals surface area (Å²) in [6.07, 6.45) is 1.63. The topological polar surface area (TPSA) is 113 Å². The van der Waals surface area contributed by atoms with Gasteiger partial charge < -0.3 is 29.1 Å². The van der Waals surface area contributed by atoms with Crippen molar-refractivity contribution in [1.29, 1.82) is 0 Å². The van der Waals surface area contributed by atoms with Crippen LogP contribution in [0, 0.1) is 5.21 Å². The Balaban J connectivity index is 1.52. The van der Waals surface area contributed by atoms with Crippen LogP contribution in [0.4, 0.5) is 0 Å². The molecule has 4 rings (SSSR count). The minimum absolute atomic E-state index is 0.0915. The molecular weight excluding hydrogens is 653 g/mol. The molecule has 46 heavy (non-hydrogen) atoms. The van der Waals surface area contributed by atoms with Crippen LogP contribution in [0.3, 0.4) is 0 Å². The number of aromatic nitrogens is 1. The number of thiophene rings is 1. The van der Waals surface area contributed by atoms with Crippen molar-refractivity contribution < 1.29 is 33.3 Å². The van der Waals surface area contributed by atoms with Crippen molar-refractivity contribution in [1.82, 2.24) is 10.2 Å². The Kier molecular flexibility index (Phi) is 12.6. The average Bonchev–Trinajstić information content (AvgIpc) is 3.51. The molecule has 0 bridgehead atoms. The Hall–Kier alpha value is -3.87. The van der Waals surface area contributed by atoms with E-state index in [0.29, 0.717) is 45.3 Å². The van der Waals surface area contributed by atoms with Crippen LogP contribution in [0.25, 0.3) is 0 Å². The van der Waals surface area contributed by atoms with Gasteiger partial charge in [-0.05, 0) is 49.5 Å². The number of benzene rings is 2. The first-order chi connectivity index (χ1) is 22.1. The van der Waals surface area contributed by atoms with Gasteiger partial charge in [0.2, 0.25) is 0 Å². The first-order valence-electron chi connectivity index (χ1n) is 14.3. The summed E-state index contributed by atoms with van der Waals surface area (Å²) in [5.74, 6) is -0.00442. The third-order valence-electron chi connectivity index (χ3n) is 6.97. The molecule has 0 spiro atoms. The van der Waals surface area contributed by atoms with Crippen molar-refractivity contribution in [2.45, 2.75) is 25.1 Å². The third kappa shape index (κ3) is 9.34. The highest BCUT2D eigenvalue weighted by Gasteiger charge is 2.26. The summed E-state index contributed by atoms with van der Waals surface area (Å²) < 4.78 is 22.9. The van der Waals surface area contributed by atoms with E-state index in [9.17, 15) is 14.8 Å². The van der Waals surface area contributed by atoms with Crippen LogP contribution >= 0.6 is 34.5 Å². The average molecular weight is 689 g/mol. The summed E-state index contributed by atoms with van der Waals surface area (Å²) in [7, 11) is 6.85. The molecule has 2 atom stereocenters. The van der Waals surface area contributed by atoms with Gasteiger partial charge in [0.25, 0.3) is 0 Å². The first kappa shape index (κ1) is 35.0. The number of rotatable bonds is 15. The largest absolute Gasteiger partial charge is 0.619 e. The SMILES string of the molecule is COc1ccc(C(Cc2c(Cl)c[n+]([O-])cc2Cl)OC(=O)c2ccc(CN[C@H](C(=O)OCCN(C)C)c3ccccc3)s2)cc1OC. The maximum absolute atomic E-state index is 13.5. The Morgan fingerprint density at radius 2 is 1.65 bits per heavy atom. The summed E-state index contributed by atoms with van der Waals surface area (Å²) in [5.41, 5.74) is 1.82. The van der Waals surface area contributed by atoms with E-state index in [1.165, 1.54) is 38.0 Å². The molecule has 0 aliphatic heterocycles. The van der Waals surface area contributed by atoms with Gasteiger partial charge in [-0.15, -0.1) is 11.3 Å². The fraction of sp³-hybridized carbons (Fsp3) is 0.303. The van der Waals surface area contributed by atoms with Crippen LogP contribution in [0.2, 0.25) is 10.0 Å². The minimum atomic E-state index is -0.840. The smallest absolute Gasteiger partial charge is 0.348 e. The Morgan fingerprint density at radius 3 is 2.30 bits per heavy atom. The fourth-order valence-corrected chi connectivity index (χ4v) is 6.00. The van der Waals surface area contributed by atoms with E-state index in [0.717, 1.165) is 10.4 Å². The second-order valence-electron chi connectivity index (χ2n) is 10.5. The van der Waals surface area contributed by atoms with Gasteiger partial charge in [-0.2, -0.15) is 4.73 Å². The van der Waals surface area contributed by atoms with E-state index >= 15 is 0 Å². The lowest BCUT2D eigenvalue weighted by molar-refractivity contribution is -0.605. The van der Waals surface area contributed by atoms with Crippen molar-refractivity contribution in [3.05, 3.63) is 115 Å². The monoisotopic (exact) mass is 687 g/mol. The number of nitrogens with one attached hydrogen (secondary N) is 1. The second-order valence-corrected chi connectivity index (χ2v) is 12.4. The zero-order chi connectivity index (χ0) is 33.2. The molecule has 4 aromatic rings. The van der Waals surface area contributed by atoms with Crippen molar-refractivity contribution in [3.8, 4) is 11.5 Å². The highest BCUT2D eigenvalue weighted by Crippen LogP contribution is 2.36. The molecule has 244 valence electrons. The van der Waals surface area contributed by atoms with Crippen molar-refractivity contribution in [2.24, 2.45) is 0 Å². The van der Waals surface area contributed by atoms with Gasteiger partial charge in [0.05, 0.1) is 14.2 Å². The molecule has 0 aliphatic carbocycles. The van der Waals surface area contributed by atoms with Crippen LogP contribution in [-0.4, -0.2) is 58.3 Å². The second kappa shape index (κ2) is 16.6. The number of nitrogens with zero attached hydrogens (tertiary/aromatic N) is 2. The molecule has 13 heteroatoms. The number of ether oxygens (including phenoxy) is 4. The molecule has 1 N–H and O–H groups in total. The number of methoxy groups -OCH3 is 2. The van der Waals surface area contributed by atoms with Crippen LogP contribution < -0.4 is 19.5 Å². The molecule has 0 aliphatic rings. The van der Waals surface area contributed by atoms with Crippen molar-refractivity contribution >= 4 is 46.5 Å². The molecule has 0 radical (unpaired) electrons. The van der Waals surface area contributed by atoms with Gasteiger partial charge in [0.15, 0.2) is 23.9 Å². The number of likely N-dealkylation sites (N-methyl/N-ethyl adjacent to an activating group) is 1. The van der Waals surface area contributed by atoms with Gasteiger partial charge in [0.1, 0.15) is 33.7 Å². The minimum Gasteiger partial charge on any atom is -0.619 e. The molecule has 10 nitrogen and oxygen atoms in total. The zero-order valence-electron chi connectivity index (χ0n) is 25.8. The summed E-state index contributed by atoms with van der Waals surface area (Å²) in [4.78, 5) is 29.6. The zero-order valence-corrected chi connectivity index (χ0v) is 28.2. The van der Waals surface area contributed by atoms with Crippen LogP contribution in [0.1, 0.15) is 43.4 Å². The van der Waals surface area contributed by atoms with E-state index in [1.54, 1.807) is 30.3 Å². The van der Waals surface area contributed by atoms with Crippen LogP contribution in [0.15, 0.2) is 73.1 Å². The molecule has 0 saturated heterocycles. The quantitative estimate of drug-likeness (QED) is 0.0944. The van der Waals surface area contributed by atoms with Gasteiger partial charge in [-0.3, -0.25) is 5.32 Å². The number of halogens is 2. The molecule has 2 aromatic carbocycles. The van der Waals surface area contributed by atoms with Crippen LogP contribution in [0.5, 0.6) is 11.5 Å². The van der Waals surface area contributed by atoms with E-state index in [-0.39, 0.29) is 29.0 Å². The van der Waals surface area contributed by atoms with Gasteiger partial charge in [-0.25, -0.2) is 9.59 Å². The molecule has 2 aromatic heterocycles. The number of carbonyl (C=O) groups is 2. The molecule has 0 amide bonds. The lowest BCUT2D eigenvalue weighted by Gasteiger charge is -2.20. The number of hydrogen-bond acceptors (Lipinski definition) is 10. The van der Waals surface area contributed by atoms with Crippen molar-refractivity contribution in [3.63, 3.8) is 0 Å². The van der Waals surface area contributed by atoms with Gasteiger partial charge in [0, 0.05) is 30.0 Å². The Labute approximate surface area is 281 Å². The standard InChI is InChI=1S/C33H35Cl2N3O7S/c1-37(2)14-15-44-33(40)31(21-8-6-5-7-9-21)36-18-23-11-13-30(46-23)32(39)45-28(17-24-25(34)19-38(41)20-26(24)35)22-10-12-27(42-3)29(16-22)43-4/h5-13,16,19-20,28,31,36H,14-15,17-18H2,1-4H3/t28?,31-/m0/s1. The van der Waals surface area contributed by atoms with Gasteiger partial charge in [-0.1, -0.05) is 59.6 Å². The Morgan fingerprint density at radius 1 is 0.957 bits per heavy atom. The summed E-state index contributed by atoms with van der Waals surface area (Å²) >= 11 is 14.0. The normalized spacial score (nSPS) is 12.4. The molecule has 0 saturated carbocycles. The summed E-state index contributed by atoms with van der Waals surface area (Å²) in [5, 5.41) is 15.4. The van der Waals surface area contributed by atoms with E-state index in [1.807, 2.05) is 49.3 Å². The number of carbonyl (C=O) groups excluding carboxylic acids is 2. The number of hydrogen-bond donors (Lipinski definition) is 1. The summed E-state index contributed by atoms with van der Waals surface area (Å²) in [6, 6.07) is 17.3. The molecular formula is C33H35Cl2N3O7S. The molecule has 0 fully saturated rings. The lowest BCUT2D eigenvalue weighted by Crippen LogP contribution is -2.31. The predicted molar refractivity (Wildman–Crippen MR) is 177 cm³/mol. The highest BCUT2D eigenvalue weighted by molar-refractivity contribution is 7.13. The maximum Gasteiger partial charge on any atom is 0.348 e. The van der Waals surface area contributed by atoms with E-state index < -0.39 is 18.1 Å². The van der Waals surface area contributed by atoms with Crippen molar-refractivity contribution in [2.75, 3.05) is 41.5 Å². The maximum atomic E-state index is 13.5. The number of pyridine rings is 1.